The molecule has 3 rings (SSSR count). The molecule has 0 saturated carbocycles. The fourth-order valence-corrected chi connectivity index (χ4v) is 3.90. The molecule has 202 valence electrons. The molecule has 0 aliphatic rings. The van der Waals surface area contributed by atoms with Gasteiger partial charge in [0.1, 0.15) is 5.75 Å². The van der Waals surface area contributed by atoms with Gasteiger partial charge in [-0.25, -0.2) is 0 Å². The van der Waals surface area contributed by atoms with Crippen LogP contribution in [0.2, 0.25) is 5.02 Å². The predicted octanol–water partition coefficient (Wildman–Crippen LogP) is 6.58. The molecular weight excluding hydrogens is 533 g/mol. The first-order valence-electron chi connectivity index (χ1n) is 11.1. The van der Waals surface area contributed by atoms with Crippen molar-refractivity contribution in [1.29, 1.82) is 0 Å². The molecule has 0 atom stereocenters. The van der Waals surface area contributed by atoms with Crippen molar-refractivity contribution in [2.75, 3.05) is 6.61 Å². The van der Waals surface area contributed by atoms with Gasteiger partial charge in [0.05, 0.1) is 18.6 Å². The van der Waals surface area contributed by atoms with Gasteiger partial charge in [0, 0.05) is 5.02 Å². The lowest BCUT2D eigenvalue weighted by Gasteiger charge is -2.17. The van der Waals surface area contributed by atoms with Gasteiger partial charge < -0.3 is 14.0 Å². The third-order valence-electron chi connectivity index (χ3n) is 4.69. The number of hydrogen-bond donors (Lipinski definition) is 1. The first kappa shape index (κ1) is 30.4. The lowest BCUT2D eigenvalue weighted by molar-refractivity contribution is -0.142. The van der Waals surface area contributed by atoms with Gasteiger partial charge in [0.25, 0.3) is 0 Å². The predicted molar refractivity (Wildman–Crippen MR) is 137 cm³/mol. The summed E-state index contributed by atoms with van der Waals surface area (Å²) in [6, 6.07) is 12.3. The van der Waals surface area contributed by atoms with Gasteiger partial charge in [-0.15, -0.1) is 0 Å². The summed E-state index contributed by atoms with van der Waals surface area (Å²) in [6.45, 7) is 8.89. The van der Waals surface area contributed by atoms with Gasteiger partial charge in [-0.05, 0) is 91.9 Å². The monoisotopic (exact) mass is 560 g/mol. The van der Waals surface area contributed by atoms with Crippen molar-refractivity contribution in [2.45, 2.75) is 52.1 Å². The molecule has 0 radical (unpaired) electrons. The largest absolute Gasteiger partial charge is 0.534 e. The molecule has 0 amide bonds. The first-order chi connectivity index (χ1) is 16.9. The van der Waals surface area contributed by atoms with Crippen LogP contribution in [0.5, 0.6) is 5.75 Å². The summed E-state index contributed by atoms with van der Waals surface area (Å²) in [5.41, 5.74) is -3.31. The minimum absolute atomic E-state index is 0.0196. The van der Waals surface area contributed by atoms with E-state index in [-0.39, 0.29) is 13.0 Å². The van der Waals surface area contributed by atoms with Crippen LogP contribution >= 0.6 is 11.6 Å². The highest BCUT2D eigenvalue weighted by Gasteiger charge is 2.48. The minimum Gasteiger partial charge on any atom is -0.466 e. The van der Waals surface area contributed by atoms with Gasteiger partial charge in [-0.3, -0.25) is 4.79 Å². The summed E-state index contributed by atoms with van der Waals surface area (Å²) in [5.74, 6) is -0.907. The number of halogens is 4. The Hall–Kier alpha value is -2.82. The molecule has 1 N–H and O–H groups in total. The quantitative estimate of drug-likeness (QED) is 0.208. The second-order valence-corrected chi connectivity index (χ2v) is 11.0. The Morgan fingerprint density at radius 2 is 1.59 bits per heavy atom. The fourth-order valence-electron chi connectivity index (χ4n) is 3.32. The van der Waals surface area contributed by atoms with Crippen molar-refractivity contribution >= 4 is 38.5 Å². The maximum atomic E-state index is 12.7. The topological polar surface area (TPSA) is 89.9 Å². The maximum absolute atomic E-state index is 12.7. The van der Waals surface area contributed by atoms with Crippen molar-refractivity contribution in [3.63, 3.8) is 0 Å². The summed E-state index contributed by atoms with van der Waals surface area (Å²) in [6.07, 6.45) is -0.0196. The average molecular weight is 561 g/mol. The van der Waals surface area contributed by atoms with E-state index in [1.54, 1.807) is 65.0 Å². The SMILES string of the molecule is CC(C)(C)O.CCOC(=O)Cc1c(C)cc2cc(OS(=O)(=O)C(F)(F)F)ccc2c1-c1ccc(Cl)cc1. The Balaban J connectivity index is 0.000000877. The van der Waals surface area contributed by atoms with Crippen LogP contribution < -0.4 is 4.18 Å². The molecule has 0 unspecified atom stereocenters. The van der Waals surface area contributed by atoms with E-state index in [0.29, 0.717) is 32.5 Å². The van der Waals surface area contributed by atoms with Crippen LogP contribution in [-0.4, -0.2) is 37.2 Å². The lowest BCUT2D eigenvalue weighted by Crippen LogP contribution is -2.28. The Bertz CT molecular complexity index is 1360. The molecule has 0 heterocycles. The van der Waals surface area contributed by atoms with Crippen LogP contribution in [0.3, 0.4) is 0 Å². The summed E-state index contributed by atoms with van der Waals surface area (Å²) >= 11 is 5.99. The van der Waals surface area contributed by atoms with E-state index in [4.69, 9.17) is 21.4 Å². The minimum atomic E-state index is -5.80. The van der Waals surface area contributed by atoms with Crippen molar-refractivity contribution < 1.29 is 40.4 Å². The highest BCUT2D eigenvalue weighted by molar-refractivity contribution is 7.88. The molecule has 0 aromatic heterocycles. The molecule has 11 heteroatoms. The average Bonchev–Trinajstić information content (AvgIpc) is 2.73. The molecule has 6 nitrogen and oxygen atoms in total. The van der Waals surface area contributed by atoms with Crippen molar-refractivity contribution in [2.24, 2.45) is 0 Å². The standard InChI is InChI=1S/C22H18ClF3O5S.C4H10O/c1-3-30-20(27)12-19-13(2)10-15-11-17(31-32(28,29)22(24,25)26)8-9-18(15)21(19)14-4-6-16(23)7-5-14;1-4(2,3)5/h4-11H,3,12H2,1-2H3;5H,1-3H3. The van der Waals surface area contributed by atoms with E-state index in [2.05, 4.69) is 4.18 Å². The maximum Gasteiger partial charge on any atom is 0.534 e. The van der Waals surface area contributed by atoms with Gasteiger partial charge in [-0.1, -0.05) is 35.9 Å². The smallest absolute Gasteiger partial charge is 0.466 e. The van der Waals surface area contributed by atoms with Crippen molar-refractivity contribution in [3.05, 3.63) is 64.7 Å². The molecule has 0 aliphatic carbocycles. The van der Waals surface area contributed by atoms with E-state index in [9.17, 15) is 26.4 Å². The summed E-state index contributed by atoms with van der Waals surface area (Å²) in [5, 5.41) is 10.1. The number of aliphatic hydroxyl groups is 1. The lowest BCUT2D eigenvalue weighted by atomic mass is 9.88. The fraction of sp³-hybridized carbons (Fsp3) is 0.346. The second-order valence-electron chi connectivity index (χ2n) is 9.07. The number of carbonyl (C=O) groups excluding carboxylic acids is 1. The van der Waals surface area contributed by atoms with E-state index >= 15 is 0 Å². The van der Waals surface area contributed by atoms with Crippen molar-refractivity contribution in [1.82, 2.24) is 0 Å². The molecule has 0 saturated heterocycles. The number of esters is 1. The van der Waals surface area contributed by atoms with Gasteiger partial charge in [0.2, 0.25) is 0 Å². The molecule has 0 spiro atoms. The molecule has 0 bridgehead atoms. The Labute approximate surface area is 219 Å². The summed E-state index contributed by atoms with van der Waals surface area (Å²) in [4.78, 5) is 12.2. The van der Waals surface area contributed by atoms with Crippen LogP contribution in [-0.2, 0) is 26.1 Å². The number of carbonyl (C=O) groups is 1. The van der Waals surface area contributed by atoms with Gasteiger partial charge in [0.15, 0.2) is 0 Å². The van der Waals surface area contributed by atoms with Crippen LogP contribution in [0.15, 0.2) is 48.5 Å². The number of fused-ring (bicyclic) bond motifs is 1. The van der Waals surface area contributed by atoms with Crippen LogP contribution in [0, 0.1) is 6.92 Å². The normalized spacial score (nSPS) is 12.1. The zero-order chi connectivity index (χ0) is 28.2. The Kier molecular flexibility index (Phi) is 9.62. The van der Waals surface area contributed by atoms with Gasteiger partial charge >= 0.3 is 21.6 Å². The zero-order valence-corrected chi connectivity index (χ0v) is 22.5. The van der Waals surface area contributed by atoms with Crippen LogP contribution in [0.25, 0.3) is 21.9 Å². The van der Waals surface area contributed by atoms with E-state index in [1.165, 1.54) is 12.1 Å². The molecule has 0 fully saturated rings. The summed E-state index contributed by atoms with van der Waals surface area (Å²) < 4.78 is 70.1. The first-order valence-corrected chi connectivity index (χ1v) is 12.9. The highest BCUT2D eigenvalue weighted by Crippen LogP contribution is 2.38. The molecule has 37 heavy (non-hydrogen) atoms. The number of ether oxygens (including phenoxy) is 1. The number of rotatable bonds is 6. The zero-order valence-electron chi connectivity index (χ0n) is 20.9. The van der Waals surface area contributed by atoms with Gasteiger partial charge in [-0.2, -0.15) is 21.6 Å². The highest BCUT2D eigenvalue weighted by atomic mass is 35.5. The molecule has 3 aromatic rings. The van der Waals surface area contributed by atoms with Crippen LogP contribution in [0.4, 0.5) is 13.2 Å². The van der Waals surface area contributed by atoms with Crippen molar-refractivity contribution in [3.8, 4) is 16.9 Å². The number of alkyl halides is 3. The Morgan fingerprint density at radius 1 is 1.03 bits per heavy atom. The van der Waals surface area contributed by atoms with E-state index in [0.717, 1.165) is 11.6 Å². The number of hydrogen-bond acceptors (Lipinski definition) is 6. The molecule has 3 aromatic carbocycles. The van der Waals surface area contributed by atoms with Crippen LogP contribution in [0.1, 0.15) is 38.8 Å². The Morgan fingerprint density at radius 3 is 2.11 bits per heavy atom. The van der Waals surface area contributed by atoms with E-state index < -0.39 is 32.9 Å². The number of benzene rings is 3. The third kappa shape index (κ3) is 8.62. The van der Waals surface area contributed by atoms with E-state index in [1.807, 2.05) is 0 Å². The molecule has 0 aliphatic heterocycles. The second kappa shape index (κ2) is 11.7. The molecular formula is C26H28ClF3O6S. The number of aryl methyl sites for hydroxylation is 1. The third-order valence-corrected chi connectivity index (χ3v) is 5.92. The summed E-state index contributed by atoms with van der Waals surface area (Å²) in [7, 11) is -5.80.